The number of carbonyl (C=O) groups is 2. The maximum absolute atomic E-state index is 12.5. The Hall–Kier alpha value is -2.41. The van der Waals surface area contributed by atoms with Gasteiger partial charge in [0.1, 0.15) is 0 Å². The molecule has 27 heavy (non-hydrogen) atoms. The van der Waals surface area contributed by atoms with E-state index in [9.17, 15) is 14.7 Å². The third-order valence-electron chi connectivity index (χ3n) is 4.98. The number of carbonyl (C=O) groups excluding carboxylic acids is 1. The van der Waals surface area contributed by atoms with Gasteiger partial charge in [0.2, 0.25) is 17.6 Å². The van der Waals surface area contributed by atoms with Crippen LogP contribution in [-0.4, -0.2) is 44.6 Å². The highest BCUT2D eigenvalue weighted by atomic mass is 35.5. The van der Waals surface area contributed by atoms with Crippen LogP contribution in [0.15, 0.2) is 28.8 Å². The summed E-state index contributed by atoms with van der Waals surface area (Å²) in [7, 11) is 0. The average molecular weight is 392 g/mol. The first-order chi connectivity index (χ1) is 13.0. The summed E-state index contributed by atoms with van der Waals surface area (Å²) in [5.41, 5.74) is 0.812. The molecule has 144 valence electrons. The molecule has 0 unspecified atom stereocenters. The van der Waals surface area contributed by atoms with E-state index in [4.69, 9.17) is 16.1 Å². The van der Waals surface area contributed by atoms with Gasteiger partial charge in [-0.3, -0.25) is 9.59 Å². The maximum Gasteiger partial charge on any atom is 0.308 e. The standard InChI is InChI=1S/C19H22ClN3O4/c1-12-15(19(25)26)4-3-11-23(12)17(24)6-2-5-16-21-18(22-27-16)13-7-9-14(20)10-8-13/h7-10,12,15H,2-6,11H2,1H3,(H,25,26)/t12-,15-/m1/s1. The minimum Gasteiger partial charge on any atom is -0.481 e. The second-order valence-corrected chi connectivity index (χ2v) is 7.22. The molecule has 0 aliphatic carbocycles. The van der Waals surface area contributed by atoms with E-state index in [1.165, 1.54) is 0 Å². The molecule has 7 nitrogen and oxygen atoms in total. The number of likely N-dealkylation sites (tertiary alicyclic amines) is 1. The lowest BCUT2D eigenvalue weighted by molar-refractivity contribution is -0.149. The summed E-state index contributed by atoms with van der Waals surface area (Å²) in [6.45, 7) is 2.43. The van der Waals surface area contributed by atoms with Crippen LogP contribution in [0.2, 0.25) is 5.02 Å². The molecule has 1 amide bonds. The van der Waals surface area contributed by atoms with Crippen LogP contribution in [-0.2, 0) is 16.0 Å². The highest BCUT2D eigenvalue weighted by Crippen LogP contribution is 2.25. The number of hydrogen-bond donors (Lipinski definition) is 1. The van der Waals surface area contributed by atoms with Crippen molar-refractivity contribution in [2.75, 3.05) is 6.54 Å². The minimum absolute atomic E-state index is 0.0223. The molecule has 2 aromatic rings. The van der Waals surface area contributed by atoms with Gasteiger partial charge in [0.05, 0.1) is 5.92 Å². The molecule has 1 aliphatic rings. The van der Waals surface area contributed by atoms with Crippen molar-refractivity contribution in [3.05, 3.63) is 35.2 Å². The highest BCUT2D eigenvalue weighted by molar-refractivity contribution is 6.30. The van der Waals surface area contributed by atoms with Crippen molar-refractivity contribution in [1.82, 2.24) is 15.0 Å². The van der Waals surface area contributed by atoms with Crippen LogP contribution in [0.3, 0.4) is 0 Å². The van der Waals surface area contributed by atoms with Crippen molar-refractivity contribution < 1.29 is 19.2 Å². The first kappa shape index (κ1) is 19.4. The summed E-state index contributed by atoms with van der Waals surface area (Å²) in [6.07, 6.45) is 2.74. The monoisotopic (exact) mass is 391 g/mol. The lowest BCUT2D eigenvalue weighted by Gasteiger charge is -2.37. The molecule has 1 N–H and O–H groups in total. The molecule has 0 radical (unpaired) electrons. The molecule has 1 fully saturated rings. The number of nitrogens with zero attached hydrogens (tertiary/aromatic N) is 3. The predicted octanol–water partition coefficient (Wildman–Crippen LogP) is 3.42. The molecule has 2 atom stereocenters. The van der Waals surface area contributed by atoms with Gasteiger partial charge in [0, 0.05) is 36.0 Å². The fraction of sp³-hybridized carbons (Fsp3) is 0.474. The molecule has 1 saturated heterocycles. The largest absolute Gasteiger partial charge is 0.481 e. The Morgan fingerprint density at radius 3 is 2.78 bits per heavy atom. The second-order valence-electron chi connectivity index (χ2n) is 6.79. The van der Waals surface area contributed by atoms with Crippen LogP contribution in [0.25, 0.3) is 11.4 Å². The van der Waals surface area contributed by atoms with Gasteiger partial charge >= 0.3 is 5.97 Å². The van der Waals surface area contributed by atoms with Crippen molar-refractivity contribution in [3.63, 3.8) is 0 Å². The molecule has 1 aromatic carbocycles. The Kier molecular flexibility index (Phi) is 6.11. The van der Waals surface area contributed by atoms with Gasteiger partial charge in [-0.25, -0.2) is 0 Å². The molecular weight excluding hydrogens is 370 g/mol. The Morgan fingerprint density at radius 2 is 2.07 bits per heavy atom. The van der Waals surface area contributed by atoms with E-state index in [0.717, 1.165) is 12.0 Å². The Labute approximate surface area is 162 Å². The summed E-state index contributed by atoms with van der Waals surface area (Å²) in [5, 5.41) is 13.9. The van der Waals surface area contributed by atoms with Gasteiger partial charge < -0.3 is 14.5 Å². The number of piperidine rings is 1. The maximum atomic E-state index is 12.5. The zero-order chi connectivity index (χ0) is 19.4. The normalized spacial score (nSPS) is 19.9. The van der Waals surface area contributed by atoms with E-state index in [0.29, 0.717) is 49.0 Å². The van der Waals surface area contributed by atoms with Gasteiger partial charge in [-0.2, -0.15) is 4.98 Å². The number of carboxylic acids is 1. The Bertz CT molecular complexity index is 806. The SMILES string of the molecule is C[C@@H]1[C@H](C(=O)O)CCCN1C(=O)CCCc1nc(-c2ccc(Cl)cc2)no1. The topological polar surface area (TPSA) is 96.5 Å². The summed E-state index contributed by atoms with van der Waals surface area (Å²) in [4.78, 5) is 29.8. The Morgan fingerprint density at radius 1 is 1.33 bits per heavy atom. The zero-order valence-electron chi connectivity index (χ0n) is 15.1. The van der Waals surface area contributed by atoms with Crippen molar-refractivity contribution in [2.24, 2.45) is 5.92 Å². The lowest BCUT2D eigenvalue weighted by Crippen LogP contribution is -2.49. The molecule has 8 heteroatoms. The quantitative estimate of drug-likeness (QED) is 0.810. The fourth-order valence-electron chi connectivity index (χ4n) is 3.43. The number of aliphatic carboxylic acids is 1. The Balaban J connectivity index is 1.52. The van der Waals surface area contributed by atoms with Gasteiger partial charge in [-0.05, 0) is 50.5 Å². The number of aryl methyl sites for hydroxylation is 1. The molecular formula is C19H22ClN3O4. The van der Waals surface area contributed by atoms with E-state index in [-0.39, 0.29) is 11.9 Å². The highest BCUT2D eigenvalue weighted by Gasteiger charge is 2.34. The summed E-state index contributed by atoms with van der Waals surface area (Å²) in [5.74, 6) is -0.378. The summed E-state index contributed by atoms with van der Waals surface area (Å²) < 4.78 is 5.25. The number of hydrogen-bond acceptors (Lipinski definition) is 5. The van der Waals surface area contributed by atoms with Crippen LogP contribution < -0.4 is 0 Å². The van der Waals surface area contributed by atoms with Crippen molar-refractivity contribution >= 4 is 23.5 Å². The van der Waals surface area contributed by atoms with Gasteiger partial charge in [0.15, 0.2) is 0 Å². The van der Waals surface area contributed by atoms with Crippen LogP contribution in [0.4, 0.5) is 0 Å². The molecule has 2 heterocycles. The number of halogens is 1. The van der Waals surface area contributed by atoms with Crippen LogP contribution in [0.5, 0.6) is 0 Å². The fourth-order valence-corrected chi connectivity index (χ4v) is 3.56. The number of rotatable bonds is 6. The van der Waals surface area contributed by atoms with Crippen molar-refractivity contribution in [1.29, 1.82) is 0 Å². The summed E-state index contributed by atoms with van der Waals surface area (Å²) in [6, 6.07) is 6.88. The van der Waals surface area contributed by atoms with Crippen LogP contribution in [0, 0.1) is 5.92 Å². The van der Waals surface area contributed by atoms with Gasteiger partial charge in [0.25, 0.3) is 0 Å². The van der Waals surface area contributed by atoms with E-state index in [1.54, 1.807) is 17.0 Å². The third-order valence-corrected chi connectivity index (χ3v) is 5.23. The van der Waals surface area contributed by atoms with Crippen molar-refractivity contribution in [2.45, 2.75) is 45.1 Å². The van der Waals surface area contributed by atoms with E-state index in [1.807, 2.05) is 19.1 Å². The van der Waals surface area contributed by atoms with Crippen molar-refractivity contribution in [3.8, 4) is 11.4 Å². The molecule has 1 aromatic heterocycles. The second kappa shape index (κ2) is 8.52. The summed E-state index contributed by atoms with van der Waals surface area (Å²) >= 11 is 5.87. The first-order valence-corrected chi connectivity index (χ1v) is 9.44. The average Bonchev–Trinajstić information content (AvgIpc) is 3.11. The lowest BCUT2D eigenvalue weighted by atomic mass is 9.90. The molecule has 0 saturated carbocycles. The molecule has 0 spiro atoms. The van der Waals surface area contributed by atoms with Crippen LogP contribution in [0.1, 0.15) is 38.5 Å². The minimum atomic E-state index is -0.833. The van der Waals surface area contributed by atoms with E-state index in [2.05, 4.69) is 10.1 Å². The smallest absolute Gasteiger partial charge is 0.308 e. The molecule has 3 rings (SSSR count). The molecule has 0 bridgehead atoms. The third kappa shape index (κ3) is 4.66. The number of benzene rings is 1. The number of amides is 1. The first-order valence-electron chi connectivity index (χ1n) is 9.06. The molecule has 1 aliphatic heterocycles. The zero-order valence-corrected chi connectivity index (χ0v) is 15.9. The van der Waals surface area contributed by atoms with Gasteiger partial charge in [-0.1, -0.05) is 16.8 Å². The predicted molar refractivity (Wildman–Crippen MR) is 99.2 cm³/mol. The number of aromatic nitrogens is 2. The van der Waals surface area contributed by atoms with E-state index >= 15 is 0 Å². The van der Waals surface area contributed by atoms with E-state index < -0.39 is 11.9 Å². The number of carboxylic acid groups (broad SMARTS) is 1. The van der Waals surface area contributed by atoms with Crippen LogP contribution >= 0.6 is 11.6 Å². The van der Waals surface area contributed by atoms with Gasteiger partial charge in [-0.15, -0.1) is 0 Å².